The van der Waals surface area contributed by atoms with E-state index in [4.69, 9.17) is 0 Å². The van der Waals surface area contributed by atoms with E-state index in [1.54, 1.807) is 18.2 Å². The fraction of sp³-hybridized carbons (Fsp3) is 0.769. The molecule has 0 bridgehead atoms. The molecule has 1 aromatic carbocycles. The standard InChI is InChI=1S/C39H63N3O3/c1-37(2,3)28-16-10-13-19-31(28)40-34(43)25-22-26(35(44)41-32-20-14-11-17-29(32)38(4,5)6)24-27(23-25)36(45)42-33-21-15-12-18-30(33)39(7,8)9/h22-24,28-33H,10-21H2,1-9H3,(H,40,43)(H,41,44)(H,42,45). The summed E-state index contributed by atoms with van der Waals surface area (Å²) in [7, 11) is 0. The summed E-state index contributed by atoms with van der Waals surface area (Å²) in [6.45, 7) is 20.3. The molecule has 0 aromatic heterocycles. The summed E-state index contributed by atoms with van der Waals surface area (Å²) in [4.78, 5) is 41.7. The van der Waals surface area contributed by atoms with Crippen LogP contribution in [0.1, 0.15) is 170 Å². The average molecular weight is 622 g/mol. The minimum atomic E-state index is -0.199. The van der Waals surface area contributed by atoms with Gasteiger partial charge in [0, 0.05) is 34.8 Å². The zero-order valence-electron chi connectivity index (χ0n) is 29.9. The first-order valence-electron chi connectivity index (χ1n) is 18.0. The van der Waals surface area contributed by atoms with Crippen molar-refractivity contribution in [1.82, 2.24) is 16.0 Å². The fourth-order valence-corrected chi connectivity index (χ4v) is 8.80. The van der Waals surface area contributed by atoms with Gasteiger partial charge in [0.2, 0.25) is 0 Å². The molecule has 0 heterocycles. The van der Waals surface area contributed by atoms with Gasteiger partial charge in [-0.1, -0.05) is 101 Å². The molecule has 3 N–H and O–H groups in total. The van der Waals surface area contributed by atoms with E-state index in [9.17, 15) is 14.4 Å². The molecule has 3 aliphatic rings. The van der Waals surface area contributed by atoms with Crippen LogP contribution in [-0.2, 0) is 0 Å². The van der Waals surface area contributed by atoms with E-state index in [1.165, 1.54) is 19.3 Å². The highest BCUT2D eigenvalue weighted by Crippen LogP contribution is 2.40. The maximum atomic E-state index is 13.9. The highest BCUT2D eigenvalue weighted by Gasteiger charge is 2.38. The maximum absolute atomic E-state index is 13.9. The Kier molecular flexibility index (Phi) is 11.2. The monoisotopic (exact) mass is 621 g/mol. The summed E-state index contributed by atoms with van der Waals surface area (Å²) in [5.74, 6) is 0.545. The third-order valence-corrected chi connectivity index (χ3v) is 11.3. The van der Waals surface area contributed by atoms with Gasteiger partial charge in [-0.2, -0.15) is 0 Å². The molecule has 3 fully saturated rings. The van der Waals surface area contributed by atoms with Crippen LogP contribution >= 0.6 is 0 Å². The van der Waals surface area contributed by atoms with Gasteiger partial charge < -0.3 is 16.0 Å². The lowest BCUT2D eigenvalue weighted by Gasteiger charge is -2.41. The molecule has 3 amide bonds. The molecule has 3 aliphatic carbocycles. The van der Waals surface area contributed by atoms with Gasteiger partial charge in [0.1, 0.15) is 0 Å². The lowest BCUT2D eigenvalue weighted by molar-refractivity contribution is 0.0828. The first-order valence-corrected chi connectivity index (χ1v) is 18.0. The lowest BCUT2D eigenvalue weighted by atomic mass is 9.69. The molecular formula is C39H63N3O3. The Labute approximate surface area is 274 Å². The Bertz CT molecular complexity index is 1040. The van der Waals surface area contributed by atoms with Crippen LogP contribution in [0, 0.1) is 34.0 Å². The van der Waals surface area contributed by atoms with Crippen molar-refractivity contribution in [2.75, 3.05) is 0 Å². The number of carbonyl (C=O) groups is 3. The SMILES string of the molecule is CC(C)(C)C1CCCCC1NC(=O)c1cc(C(=O)NC2CCCCC2C(C)(C)C)cc(C(=O)NC2CCCCC2C(C)(C)C)c1. The topological polar surface area (TPSA) is 87.3 Å². The highest BCUT2D eigenvalue weighted by molar-refractivity contribution is 6.04. The van der Waals surface area contributed by atoms with Gasteiger partial charge in [0.05, 0.1) is 0 Å². The third kappa shape index (κ3) is 9.13. The molecule has 6 atom stereocenters. The van der Waals surface area contributed by atoms with Crippen LogP contribution < -0.4 is 16.0 Å². The van der Waals surface area contributed by atoms with Crippen molar-refractivity contribution in [3.63, 3.8) is 0 Å². The molecule has 6 nitrogen and oxygen atoms in total. The molecule has 0 aliphatic heterocycles. The lowest BCUT2D eigenvalue weighted by Crippen LogP contribution is -2.48. The number of rotatable bonds is 6. The summed E-state index contributed by atoms with van der Waals surface area (Å²) >= 11 is 0. The Hall–Kier alpha value is -2.37. The van der Waals surface area contributed by atoms with Crippen molar-refractivity contribution in [3.05, 3.63) is 34.9 Å². The van der Waals surface area contributed by atoms with E-state index in [2.05, 4.69) is 78.3 Å². The van der Waals surface area contributed by atoms with E-state index >= 15 is 0 Å². The average Bonchev–Trinajstić information content (AvgIpc) is 2.96. The highest BCUT2D eigenvalue weighted by atomic mass is 16.2. The van der Waals surface area contributed by atoms with Crippen LogP contribution in [0.3, 0.4) is 0 Å². The van der Waals surface area contributed by atoms with Crippen LogP contribution in [-0.4, -0.2) is 35.8 Å². The van der Waals surface area contributed by atoms with Crippen LogP contribution in [0.25, 0.3) is 0 Å². The largest absolute Gasteiger partial charge is 0.349 e. The van der Waals surface area contributed by atoms with Crippen molar-refractivity contribution < 1.29 is 14.4 Å². The van der Waals surface area contributed by atoms with Crippen molar-refractivity contribution >= 4 is 17.7 Å². The van der Waals surface area contributed by atoms with Gasteiger partial charge in [0.25, 0.3) is 17.7 Å². The molecule has 45 heavy (non-hydrogen) atoms. The first-order chi connectivity index (χ1) is 20.9. The summed E-state index contributed by atoms with van der Waals surface area (Å²) in [6, 6.07) is 5.32. The van der Waals surface area contributed by atoms with Crippen LogP contribution in [0.2, 0.25) is 0 Å². The summed E-state index contributed by atoms with van der Waals surface area (Å²) in [5.41, 5.74) is 1.41. The normalized spacial score (nSPS) is 28.2. The second-order valence-electron chi connectivity index (χ2n) is 17.8. The molecule has 0 radical (unpaired) electrons. The quantitative estimate of drug-likeness (QED) is 0.297. The van der Waals surface area contributed by atoms with E-state index in [0.717, 1.165) is 57.8 Å². The van der Waals surface area contributed by atoms with Crippen molar-refractivity contribution in [2.45, 2.75) is 157 Å². The van der Waals surface area contributed by atoms with Gasteiger partial charge >= 0.3 is 0 Å². The van der Waals surface area contributed by atoms with Gasteiger partial charge in [0.15, 0.2) is 0 Å². The summed E-state index contributed by atoms with van der Waals surface area (Å²) in [6.07, 6.45) is 13.0. The Morgan fingerprint density at radius 1 is 0.444 bits per heavy atom. The number of hydrogen-bond donors (Lipinski definition) is 3. The van der Waals surface area contributed by atoms with Gasteiger partial charge in [-0.05, 0) is 90.7 Å². The summed E-state index contributed by atoms with van der Waals surface area (Å²) < 4.78 is 0. The molecule has 1 aromatic rings. The van der Waals surface area contributed by atoms with E-state index in [0.29, 0.717) is 34.4 Å². The van der Waals surface area contributed by atoms with Gasteiger partial charge in [-0.3, -0.25) is 14.4 Å². The van der Waals surface area contributed by atoms with E-state index < -0.39 is 0 Å². The fourth-order valence-electron chi connectivity index (χ4n) is 8.80. The number of hydrogen-bond acceptors (Lipinski definition) is 3. The molecule has 0 spiro atoms. The first kappa shape index (κ1) is 35.5. The van der Waals surface area contributed by atoms with Crippen molar-refractivity contribution in [3.8, 4) is 0 Å². The molecule has 6 unspecified atom stereocenters. The number of carbonyl (C=O) groups excluding carboxylic acids is 3. The molecule has 0 saturated heterocycles. The minimum absolute atomic E-state index is 0.0746. The summed E-state index contributed by atoms with van der Waals surface area (Å²) in [5, 5.41) is 10.0. The third-order valence-electron chi connectivity index (χ3n) is 11.3. The second kappa shape index (κ2) is 14.2. The second-order valence-corrected chi connectivity index (χ2v) is 17.8. The Morgan fingerprint density at radius 3 is 0.889 bits per heavy atom. The van der Waals surface area contributed by atoms with E-state index in [-0.39, 0.29) is 52.1 Å². The number of benzene rings is 1. The molecule has 4 rings (SSSR count). The number of nitrogens with one attached hydrogen (secondary N) is 3. The predicted octanol–water partition coefficient (Wildman–Crippen LogP) is 8.69. The zero-order chi connectivity index (χ0) is 33.2. The van der Waals surface area contributed by atoms with Crippen molar-refractivity contribution in [2.24, 2.45) is 34.0 Å². The Balaban J connectivity index is 1.63. The van der Waals surface area contributed by atoms with Crippen LogP contribution in [0.5, 0.6) is 0 Å². The molecule has 3 saturated carbocycles. The molecule has 6 heteroatoms. The zero-order valence-corrected chi connectivity index (χ0v) is 29.9. The van der Waals surface area contributed by atoms with E-state index in [1.807, 2.05) is 0 Å². The van der Waals surface area contributed by atoms with Crippen LogP contribution in [0.4, 0.5) is 0 Å². The van der Waals surface area contributed by atoms with Crippen molar-refractivity contribution in [1.29, 1.82) is 0 Å². The Morgan fingerprint density at radius 2 is 0.667 bits per heavy atom. The number of amides is 3. The van der Waals surface area contributed by atoms with Crippen LogP contribution in [0.15, 0.2) is 18.2 Å². The van der Waals surface area contributed by atoms with Gasteiger partial charge in [-0.25, -0.2) is 0 Å². The predicted molar refractivity (Wildman–Crippen MR) is 184 cm³/mol. The maximum Gasteiger partial charge on any atom is 0.251 e. The molecule has 252 valence electrons. The molecular weight excluding hydrogens is 558 g/mol. The van der Waals surface area contributed by atoms with Gasteiger partial charge in [-0.15, -0.1) is 0 Å². The minimum Gasteiger partial charge on any atom is -0.349 e. The smallest absolute Gasteiger partial charge is 0.251 e.